The largest absolute Gasteiger partial charge is 0.243 e. The predicted molar refractivity (Wildman–Crippen MR) is 114 cm³/mol. The monoisotopic (exact) mass is 397 g/mol. The molecule has 0 N–H and O–H groups in total. The van der Waals surface area contributed by atoms with E-state index in [4.69, 9.17) is 0 Å². The number of hydrogen-bond acceptors (Lipinski definition) is 2. The summed E-state index contributed by atoms with van der Waals surface area (Å²) in [4.78, 5) is 0.419. The first-order valence-corrected chi connectivity index (χ1v) is 14.0. The molecule has 2 aliphatic rings. The number of hydrogen-bond donors (Lipinski definition) is 0. The molecule has 1 saturated heterocycles. The normalized spacial score (nSPS) is 20.4. The van der Waals surface area contributed by atoms with Crippen LogP contribution in [0.2, 0.25) is 12.1 Å². The zero-order valence-electron chi connectivity index (χ0n) is 15.9. The van der Waals surface area contributed by atoms with Crippen LogP contribution in [-0.4, -0.2) is 33.5 Å². The summed E-state index contributed by atoms with van der Waals surface area (Å²) >= 11 is 0. The minimum Gasteiger partial charge on any atom is -0.207 e. The van der Waals surface area contributed by atoms with E-state index in [-0.39, 0.29) is 0 Å². The quantitative estimate of drug-likeness (QED) is 0.698. The van der Waals surface area contributed by atoms with E-state index in [0.717, 1.165) is 11.7 Å². The van der Waals surface area contributed by atoms with Crippen LogP contribution in [0.3, 0.4) is 0 Å². The molecular formula is C22H27NO2SSi. The molecule has 4 rings (SSSR count). The molecule has 0 aromatic heterocycles. The second-order valence-corrected chi connectivity index (χ2v) is 14.3. The summed E-state index contributed by atoms with van der Waals surface area (Å²) in [5.74, 6) is 0. The molecule has 0 saturated carbocycles. The molecular weight excluding hydrogens is 370 g/mol. The van der Waals surface area contributed by atoms with Crippen LogP contribution in [0.5, 0.6) is 0 Å². The fraction of sp³-hybridized carbons (Fsp3) is 0.364. The Labute approximate surface area is 163 Å². The maximum Gasteiger partial charge on any atom is 0.243 e. The Hall–Kier alpha value is -1.69. The van der Waals surface area contributed by atoms with Gasteiger partial charge in [-0.2, -0.15) is 4.31 Å². The van der Waals surface area contributed by atoms with Gasteiger partial charge in [0.05, 0.1) is 13.0 Å². The number of rotatable bonds is 3. The molecule has 5 heteroatoms. The molecule has 0 atom stereocenters. The average Bonchev–Trinajstić information content (AvgIpc) is 2.69. The molecule has 0 bridgehead atoms. The van der Waals surface area contributed by atoms with Crippen molar-refractivity contribution in [1.82, 2.24) is 4.31 Å². The molecule has 2 aromatic rings. The first kappa shape index (κ1) is 18.7. The van der Waals surface area contributed by atoms with E-state index in [1.54, 1.807) is 16.4 Å². The molecule has 0 aliphatic carbocycles. The number of sulfonamides is 1. The highest BCUT2D eigenvalue weighted by atomic mass is 32.2. The van der Waals surface area contributed by atoms with Gasteiger partial charge in [-0.15, -0.1) is 0 Å². The Morgan fingerprint density at radius 2 is 1.56 bits per heavy atom. The van der Waals surface area contributed by atoms with Gasteiger partial charge in [0.2, 0.25) is 10.0 Å². The molecule has 3 nitrogen and oxygen atoms in total. The van der Waals surface area contributed by atoms with Gasteiger partial charge in [0.1, 0.15) is 0 Å². The number of benzene rings is 2. The van der Waals surface area contributed by atoms with Gasteiger partial charge in [0, 0.05) is 12.7 Å². The van der Waals surface area contributed by atoms with E-state index in [1.807, 2.05) is 37.3 Å². The molecule has 1 spiro atoms. The third-order valence-corrected chi connectivity index (χ3v) is 12.7. The van der Waals surface area contributed by atoms with Crippen LogP contribution in [0.15, 0.2) is 65.2 Å². The fourth-order valence-corrected chi connectivity index (χ4v) is 11.7. The van der Waals surface area contributed by atoms with Gasteiger partial charge in [-0.3, -0.25) is 0 Å². The minimum absolute atomic E-state index is 0.419. The minimum atomic E-state index is -3.47. The van der Waals surface area contributed by atoms with E-state index in [0.29, 0.717) is 11.4 Å². The molecule has 142 valence electrons. The lowest BCUT2D eigenvalue weighted by Gasteiger charge is -2.41. The van der Waals surface area contributed by atoms with Gasteiger partial charge in [-0.05, 0) is 30.2 Å². The van der Waals surface area contributed by atoms with E-state index in [9.17, 15) is 8.42 Å². The van der Waals surface area contributed by atoms with Crippen LogP contribution in [-0.2, 0) is 10.0 Å². The topological polar surface area (TPSA) is 37.4 Å². The molecule has 1 fully saturated rings. The average molecular weight is 398 g/mol. The predicted octanol–water partition coefficient (Wildman–Crippen LogP) is 4.79. The maximum absolute atomic E-state index is 13.4. The standard InChI is InChI=1S/C22H27NO2SSi/c1-19-10-12-22(13-11-19)26(24,25)23-16-21(20-8-4-2-5-9-20)17-27(18-23)14-6-3-7-15-27/h2,4-5,8-13,17H,3,6-7,14-16,18H2,1H3. The molecule has 0 unspecified atom stereocenters. The smallest absolute Gasteiger partial charge is 0.207 e. The van der Waals surface area contributed by atoms with E-state index in [2.05, 4.69) is 17.8 Å². The zero-order chi connectivity index (χ0) is 18.9. The summed E-state index contributed by atoms with van der Waals surface area (Å²) in [6.07, 6.45) is 4.50. The second-order valence-electron chi connectivity index (χ2n) is 8.04. The van der Waals surface area contributed by atoms with Gasteiger partial charge in [0.15, 0.2) is 0 Å². The molecule has 0 radical (unpaired) electrons. The molecule has 0 amide bonds. The third-order valence-electron chi connectivity index (χ3n) is 5.97. The SMILES string of the molecule is Cc1ccc(S(=O)(=O)N2CC(c3ccccc3)=C[Si]3(CCCCC3)C2)cc1. The summed E-state index contributed by atoms with van der Waals surface area (Å²) in [7, 11) is -5.22. The summed E-state index contributed by atoms with van der Waals surface area (Å²) in [6, 6.07) is 20.0. The fourth-order valence-electron chi connectivity index (χ4n) is 4.47. The lowest BCUT2D eigenvalue weighted by Crippen LogP contribution is -2.53. The van der Waals surface area contributed by atoms with Crippen LogP contribution < -0.4 is 0 Å². The Kier molecular flexibility index (Phi) is 5.10. The van der Waals surface area contributed by atoms with Crippen molar-refractivity contribution in [1.29, 1.82) is 0 Å². The Morgan fingerprint density at radius 3 is 2.22 bits per heavy atom. The van der Waals surface area contributed by atoms with Crippen LogP contribution in [0.25, 0.3) is 5.57 Å². The highest BCUT2D eigenvalue weighted by molar-refractivity contribution is 7.89. The van der Waals surface area contributed by atoms with Crippen LogP contribution in [0.1, 0.15) is 30.4 Å². The number of aryl methyl sites for hydroxylation is 1. The Balaban J connectivity index is 1.74. The summed E-state index contributed by atoms with van der Waals surface area (Å²) in [5, 5.41) is 0. The van der Waals surface area contributed by atoms with Crippen LogP contribution in [0.4, 0.5) is 0 Å². The summed E-state index contributed by atoms with van der Waals surface area (Å²) in [6.45, 7) is 2.46. The van der Waals surface area contributed by atoms with Crippen molar-refractivity contribution in [3.05, 3.63) is 71.4 Å². The first-order chi connectivity index (χ1) is 13.0. The van der Waals surface area contributed by atoms with E-state index < -0.39 is 18.1 Å². The molecule has 2 heterocycles. The first-order valence-electron chi connectivity index (χ1n) is 9.83. The highest BCUT2D eigenvalue weighted by Crippen LogP contribution is 2.37. The van der Waals surface area contributed by atoms with Gasteiger partial charge >= 0.3 is 0 Å². The lowest BCUT2D eigenvalue weighted by molar-refractivity contribution is 0.478. The van der Waals surface area contributed by atoms with E-state index in [1.165, 1.54) is 42.5 Å². The number of nitrogens with zero attached hydrogens (tertiary/aromatic N) is 1. The van der Waals surface area contributed by atoms with Gasteiger partial charge < -0.3 is 0 Å². The van der Waals surface area contributed by atoms with Gasteiger partial charge in [-0.25, -0.2) is 8.42 Å². The van der Waals surface area contributed by atoms with Crippen molar-refractivity contribution < 1.29 is 8.42 Å². The van der Waals surface area contributed by atoms with Gasteiger partial charge in [-0.1, -0.05) is 85.1 Å². The maximum atomic E-state index is 13.4. The molecule has 2 aliphatic heterocycles. The Morgan fingerprint density at radius 1 is 0.889 bits per heavy atom. The molecule has 2 aromatic carbocycles. The lowest BCUT2D eigenvalue weighted by atomic mass is 10.1. The van der Waals surface area contributed by atoms with Crippen LogP contribution in [0, 0.1) is 6.92 Å². The van der Waals surface area contributed by atoms with Crippen molar-refractivity contribution in [2.24, 2.45) is 0 Å². The molecule has 27 heavy (non-hydrogen) atoms. The van der Waals surface area contributed by atoms with Gasteiger partial charge in [0.25, 0.3) is 0 Å². The third kappa shape index (κ3) is 3.81. The Bertz CT molecular complexity index is 930. The highest BCUT2D eigenvalue weighted by Gasteiger charge is 2.42. The summed E-state index contributed by atoms with van der Waals surface area (Å²) in [5.41, 5.74) is 5.98. The van der Waals surface area contributed by atoms with Crippen LogP contribution >= 0.6 is 0 Å². The van der Waals surface area contributed by atoms with Crippen molar-refractivity contribution in [3.63, 3.8) is 0 Å². The second kappa shape index (κ2) is 7.38. The zero-order valence-corrected chi connectivity index (χ0v) is 17.7. The summed E-state index contributed by atoms with van der Waals surface area (Å²) < 4.78 is 28.6. The van der Waals surface area contributed by atoms with Crippen molar-refractivity contribution in [2.45, 2.75) is 43.2 Å². The van der Waals surface area contributed by atoms with Crippen molar-refractivity contribution >= 4 is 23.7 Å². The van der Waals surface area contributed by atoms with Crippen molar-refractivity contribution in [3.8, 4) is 0 Å². The van der Waals surface area contributed by atoms with Crippen molar-refractivity contribution in [2.75, 3.05) is 12.7 Å². The van der Waals surface area contributed by atoms with E-state index >= 15 is 0 Å².